The number of hydrogen-bond donors (Lipinski definition) is 2. The van der Waals surface area contributed by atoms with Gasteiger partial charge in [0, 0.05) is 25.2 Å². The number of aliphatic hydroxyl groups excluding tert-OH is 1. The summed E-state index contributed by atoms with van der Waals surface area (Å²) in [6.07, 6.45) is 10.6. The summed E-state index contributed by atoms with van der Waals surface area (Å²) in [6.45, 7) is 3.76. The number of nitrogens with zero attached hydrogens (tertiary/aromatic N) is 1. The minimum atomic E-state index is 0.329. The zero-order valence-corrected chi connectivity index (χ0v) is 11.0. The zero-order chi connectivity index (χ0) is 11.9. The Morgan fingerprint density at radius 1 is 1.06 bits per heavy atom. The van der Waals surface area contributed by atoms with Gasteiger partial charge in [0.2, 0.25) is 0 Å². The van der Waals surface area contributed by atoms with Gasteiger partial charge in [0.1, 0.15) is 0 Å². The molecule has 0 amide bonds. The molecule has 1 saturated carbocycles. The summed E-state index contributed by atoms with van der Waals surface area (Å²) >= 11 is 0. The fourth-order valence-electron chi connectivity index (χ4n) is 3.44. The Morgan fingerprint density at radius 2 is 1.82 bits per heavy atom. The molecule has 100 valence electrons. The summed E-state index contributed by atoms with van der Waals surface area (Å²) in [5.74, 6) is 0. The maximum Gasteiger partial charge on any atom is 0.0446 e. The van der Waals surface area contributed by atoms with Crippen LogP contribution >= 0.6 is 0 Å². The first-order valence-corrected chi connectivity index (χ1v) is 7.49. The molecular weight excluding hydrogens is 212 g/mol. The molecular formula is C14H28N2O. The lowest BCUT2D eigenvalue weighted by Crippen LogP contribution is -2.46. The molecule has 0 aromatic rings. The molecule has 1 aliphatic heterocycles. The van der Waals surface area contributed by atoms with Crippen molar-refractivity contribution in [2.45, 2.75) is 63.5 Å². The van der Waals surface area contributed by atoms with Gasteiger partial charge in [-0.2, -0.15) is 0 Å². The van der Waals surface area contributed by atoms with E-state index in [1.807, 2.05) is 0 Å². The Kier molecular flexibility index (Phi) is 5.75. The molecule has 1 aliphatic carbocycles. The van der Waals surface area contributed by atoms with Crippen LogP contribution in [0, 0.1) is 0 Å². The molecule has 2 aliphatic rings. The van der Waals surface area contributed by atoms with Gasteiger partial charge in [-0.1, -0.05) is 25.7 Å². The van der Waals surface area contributed by atoms with E-state index in [1.165, 1.54) is 51.5 Å². The maximum absolute atomic E-state index is 9.23. The predicted molar refractivity (Wildman–Crippen MR) is 71.2 cm³/mol. The van der Waals surface area contributed by atoms with E-state index in [2.05, 4.69) is 10.2 Å². The van der Waals surface area contributed by atoms with Gasteiger partial charge in [-0.15, -0.1) is 0 Å². The van der Waals surface area contributed by atoms with Crippen LogP contribution in [0.4, 0.5) is 0 Å². The lowest BCUT2D eigenvalue weighted by atomic mass is 10.0. The highest BCUT2D eigenvalue weighted by Crippen LogP contribution is 2.25. The van der Waals surface area contributed by atoms with Gasteiger partial charge in [-0.25, -0.2) is 0 Å². The van der Waals surface area contributed by atoms with Crippen molar-refractivity contribution < 1.29 is 5.11 Å². The first kappa shape index (κ1) is 13.3. The van der Waals surface area contributed by atoms with E-state index in [0.29, 0.717) is 12.6 Å². The number of hydrogen-bond acceptors (Lipinski definition) is 3. The van der Waals surface area contributed by atoms with Crippen molar-refractivity contribution in [1.29, 1.82) is 0 Å². The predicted octanol–water partition coefficient (Wildman–Crippen LogP) is 1.76. The molecule has 0 aromatic heterocycles. The molecule has 0 spiro atoms. The second-order valence-corrected chi connectivity index (χ2v) is 5.61. The van der Waals surface area contributed by atoms with Crippen LogP contribution in [0.2, 0.25) is 0 Å². The van der Waals surface area contributed by atoms with Gasteiger partial charge in [-0.05, 0) is 38.8 Å². The van der Waals surface area contributed by atoms with E-state index >= 15 is 0 Å². The average Bonchev–Trinajstić information content (AvgIpc) is 2.71. The van der Waals surface area contributed by atoms with Crippen LogP contribution in [0.15, 0.2) is 0 Å². The molecule has 3 heteroatoms. The number of aliphatic hydroxyl groups is 1. The highest BCUT2D eigenvalue weighted by atomic mass is 16.3. The largest absolute Gasteiger partial charge is 0.396 e. The van der Waals surface area contributed by atoms with Crippen LogP contribution in [0.5, 0.6) is 0 Å². The van der Waals surface area contributed by atoms with Crippen LogP contribution in [-0.2, 0) is 0 Å². The van der Waals surface area contributed by atoms with E-state index in [4.69, 9.17) is 0 Å². The minimum Gasteiger partial charge on any atom is -0.396 e. The van der Waals surface area contributed by atoms with Crippen LogP contribution in [-0.4, -0.2) is 48.3 Å². The Labute approximate surface area is 106 Å². The van der Waals surface area contributed by atoms with Gasteiger partial charge in [0.05, 0.1) is 0 Å². The van der Waals surface area contributed by atoms with Gasteiger partial charge in [0.15, 0.2) is 0 Å². The Bertz CT molecular complexity index is 202. The van der Waals surface area contributed by atoms with Crippen molar-refractivity contribution in [3.05, 3.63) is 0 Å². The van der Waals surface area contributed by atoms with Crippen molar-refractivity contribution >= 4 is 0 Å². The number of rotatable bonds is 3. The first-order chi connectivity index (χ1) is 8.42. The summed E-state index contributed by atoms with van der Waals surface area (Å²) in [5.41, 5.74) is 0. The van der Waals surface area contributed by atoms with Crippen molar-refractivity contribution in [3.8, 4) is 0 Å². The SMILES string of the molecule is OCCC1CNCCCN1C1CCCCCC1. The quantitative estimate of drug-likeness (QED) is 0.738. The third-order valence-corrected chi connectivity index (χ3v) is 4.37. The molecule has 0 radical (unpaired) electrons. The first-order valence-electron chi connectivity index (χ1n) is 7.49. The molecule has 1 saturated heterocycles. The van der Waals surface area contributed by atoms with Gasteiger partial charge in [-0.3, -0.25) is 4.90 Å². The van der Waals surface area contributed by atoms with Crippen molar-refractivity contribution in [1.82, 2.24) is 10.2 Å². The average molecular weight is 240 g/mol. The van der Waals surface area contributed by atoms with Crippen LogP contribution in [0.1, 0.15) is 51.4 Å². The lowest BCUT2D eigenvalue weighted by molar-refractivity contribution is 0.108. The van der Waals surface area contributed by atoms with E-state index < -0.39 is 0 Å². The molecule has 0 aromatic carbocycles. The third kappa shape index (κ3) is 3.94. The Balaban J connectivity index is 1.96. The van der Waals surface area contributed by atoms with Crippen molar-refractivity contribution in [2.24, 2.45) is 0 Å². The Morgan fingerprint density at radius 3 is 2.53 bits per heavy atom. The highest BCUT2D eigenvalue weighted by molar-refractivity contribution is 4.84. The van der Waals surface area contributed by atoms with Crippen LogP contribution in [0.25, 0.3) is 0 Å². The van der Waals surface area contributed by atoms with Crippen LogP contribution < -0.4 is 5.32 Å². The molecule has 0 bridgehead atoms. The lowest BCUT2D eigenvalue weighted by Gasteiger charge is -2.36. The highest BCUT2D eigenvalue weighted by Gasteiger charge is 2.27. The fourth-order valence-corrected chi connectivity index (χ4v) is 3.44. The van der Waals surface area contributed by atoms with Gasteiger partial charge in [0.25, 0.3) is 0 Å². The van der Waals surface area contributed by atoms with Crippen molar-refractivity contribution in [2.75, 3.05) is 26.2 Å². The summed E-state index contributed by atoms with van der Waals surface area (Å²) in [5, 5.41) is 12.7. The summed E-state index contributed by atoms with van der Waals surface area (Å²) in [6, 6.07) is 1.35. The zero-order valence-electron chi connectivity index (χ0n) is 11.0. The molecule has 1 unspecified atom stereocenters. The monoisotopic (exact) mass is 240 g/mol. The molecule has 1 heterocycles. The number of nitrogens with one attached hydrogen (secondary N) is 1. The molecule has 1 atom stereocenters. The van der Waals surface area contributed by atoms with E-state index in [9.17, 15) is 5.11 Å². The Hall–Kier alpha value is -0.120. The summed E-state index contributed by atoms with van der Waals surface area (Å²) < 4.78 is 0. The topological polar surface area (TPSA) is 35.5 Å². The normalized spacial score (nSPS) is 29.8. The van der Waals surface area contributed by atoms with Crippen LogP contribution in [0.3, 0.4) is 0 Å². The minimum absolute atomic E-state index is 0.329. The van der Waals surface area contributed by atoms with Crippen molar-refractivity contribution in [3.63, 3.8) is 0 Å². The third-order valence-electron chi connectivity index (χ3n) is 4.37. The second kappa shape index (κ2) is 7.34. The second-order valence-electron chi connectivity index (χ2n) is 5.61. The molecule has 2 rings (SSSR count). The smallest absolute Gasteiger partial charge is 0.0446 e. The maximum atomic E-state index is 9.23. The molecule has 2 fully saturated rings. The molecule has 2 N–H and O–H groups in total. The molecule has 3 nitrogen and oxygen atoms in total. The summed E-state index contributed by atoms with van der Waals surface area (Å²) in [4.78, 5) is 2.71. The standard InChI is InChI=1S/C14H28N2O/c17-11-8-14-12-15-9-5-10-16(14)13-6-3-1-2-4-7-13/h13-15,17H,1-12H2. The van der Waals surface area contributed by atoms with Gasteiger partial charge >= 0.3 is 0 Å². The molecule has 17 heavy (non-hydrogen) atoms. The summed E-state index contributed by atoms with van der Waals surface area (Å²) in [7, 11) is 0. The van der Waals surface area contributed by atoms with E-state index in [0.717, 1.165) is 25.6 Å². The van der Waals surface area contributed by atoms with E-state index in [1.54, 1.807) is 0 Å². The van der Waals surface area contributed by atoms with E-state index in [-0.39, 0.29) is 0 Å². The van der Waals surface area contributed by atoms with Gasteiger partial charge < -0.3 is 10.4 Å². The fraction of sp³-hybridized carbons (Fsp3) is 1.00.